The molecule has 0 saturated carbocycles. The van der Waals surface area contributed by atoms with Crippen LogP contribution < -0.4 is 0 Å². The second-order valence-electron chi connectivity index (χ2n) is 8.55. The first-order valence-electron chi connectivity index (χ1n) is 12.4. The van der Waals surface area contributed by atoms with E-state index in [-0.39, 0.29) is 13.2 Å². The van der Waals surface area contributed by atoms with Gasteiger partial charge in [-0.3, -0.25) is 9.69 Å². The number of hydrogen-bond donors (Lipinski definition) is 5. The maximum Gasteiger partial charge on any atom is 0.300 e. The smallest absolute Gasteiger partial charge is 0.300 e. The van der Waals surface area contributed by atoms with E-state index in [1.165, 1.54) is 77.0 Å². The van der Waals surface area contributed by atoms with E-state index in [4.69, 9.17) is 20.1 Å². The molecule has 7 nitrogen and oxygen atoms in total. The van der Waals surface area contributed by atoms with Gasteiger partial charge >= 0.3 is 0 Å². The highest BCUT2D eigenvalue weighted by Gasteiger charge is 2.14. The summed E-state index contributed by atoms with van der Waals surface area (Å²) in [5.74, 6) is -0.833. The summed E-state index contributed by atoms with van der Waals surface area (Å²) in [6.07, 6.45) is 16.9. The van der Waals surface area contributed by atoms with Crippen molar-refractivity contribution in [2.45, 2.75) is 116 Å². The Bertz CT molecular complexity index is 354. The van der Waals surface area contributed by atoms with Crippen molar-refractivity contribution >= 4 is 5.97 Å². The predicted molar refractivity (Wildman–Crippen MR) is 126 cm³/mol. The summed E-state index contributed by atoms with van der Waals surface area (Å²) in [5.41, 5.74) is 0. The van der Waals surface area contributed by atoms with Gasteiger partial charge in [-0.1, -0.05) is 90.4 Å². The molecule has 0 aromatic heterocycles. The molecule has 2 unspecified atom stereocenters. The van der Waals surface area contributed by atoms with E-state index in [0.29, 0.717) is 13.1 Å². The average Bonchev–Trinajstić information content (AvgIpc) is 2.73. The molecule has 0 amide bonds. The summed E-state index contributed by atoms with van der Waals surface area (Å²) in [4.78, 5) is 10.9. The monoisotopic (exact) mass is 449 g/mol. The number of rotatable bonds is 21. The molecule has 0 heterocycles. The number of carboxylic acids is 1. The number of carbonyl (C=O) groups is 1. The molecule has 31 heavy (non-hydrogen) atoms. The molecule has 0 aliphatic carbocycles. The minimum Gasteiger partial charge on any atom is -0.481 e. The van der Waals surface area contributed by atoms with Crippen LogP contribution in [0.15, 0.2) is 0 Å². The molecule has 0 saturated heterocycles. The first-order valence-corrected chi connectivity index (χ1v) is 12.4. The van der Waals surface area contributed by atoms with Crippen LogP contribution in [0.4, 0.5) is 0 Å². The fourth-order valence-electron chi connectivity index (χ4n) is 3.50. The van der Waals surface area contributed by atoms with E-state index in [2.05, 4.69) is 6.92 Å². The van der Waals surface area contributed by atoms with E-state index in [0.717, 1.165) is 26.3 Å². The van der Waals surface area contributed by atoms with Crippen molar-refractivity contribution in [2.24, 2.45) is 0 Å². The second kappa shape index (κ2) is 25.5. The lowest BCUT2D eigenvalue weighted by molar-refractivity contribution is -0.134. The lowest BCUT2D eigenvalue weighted by atomic mass is 10.0. The molecule has 0 spiro atoms. The second-order valence-corrected chi connectivity index (χ2v) is 8.55. The number of unbranched alkanes of at least 4 members (excludes halogenated alkanes) is 13. The summed E-state index contributed by atoms with van der Waals surface area (Å²) in [6, 6.07) is 0. The fourth-order valence-corrected chi connectivity index (χ4v) is 3.50. The molecule has 0 rings (SSSR count). The average molecular weight is 450 g/mol. The summed E-state index contributed by atoms with van der Waals surface area (Å²) in [6.45, 7) is 4.26. The lowest BCUT2D eigenvalue weighted by Gasteiger charge is -2.26. The minimum atomic E-state index is -0.833. The zero-order chi connectivity index (χ0) is 23.7. The van der Waals surface area contributed by atoms with Crippen molar-refractivity contribution in [3.05, 3.63) is 0 Å². The zero-order valence-corrected chi connectivity index (χ0v) is 20.2. The molecule has 5 N–H and O–H groups in total. The molecule has 2 atom stereocenters. The van der Waals surface area contributed by atoms with Crippen molar-refractivity contribution in [2.75, 3.05) is 32.8 Å². The number of aliphatic hydroxyl groups is 4. The van der Waals surface area contributed by atoms with Gasteiger partial charge in [0.25, 0.3) is 5.97 Å². The largest absolute Gasteiger partial charge is 0.481 e. The highest BCUT2D eigenvalue weighted by Crippen LogP contribution is 2.13. The van der Waals surface area contributed by atoms with Gasteiger partial charge in [0.15, 0.2) is 0 Å². The third-order valence-electron chi connectivity index (χ3n) is 5.19. The fraction of sp³-hybridized carbons (Fsp3) is 0.958. The van der Waals surface area contributed by atoms with Crippen LogP contribution in [-0.4, -0.2) is 81.5 Å². The molecular formula is C24H51NO6. The van der Waals surface area contributed by atoms with E-state index >= 15 is 0 Å². The first kappa shape index (κ1) is 32.4. The van der Waals surface area contributed by atoms with Gasteiger partial charge in [0.05, 0.1) is 25.4 Å². The van der Waals surface area contributed by atoms with Crippen LogP contribution in [0.25, 0.3) is 0 Å². The van der Waals surface area contributed by atoms with Gasteiger partial charge in [-0.15, -0.1) is 0 Å². The quantitative estimate of drug-likeness (QED) is 0.170. The van der Waals surface area contributed by atoms with Gasteiger partial charge in [0, 0.05) is 20.0 Å². The van der Waals surface area contributed by atoms with Gasteiger partial charge in [-0.05, 0) is 13.0 Å². The maximum absolute atomic E-state index is 9.59. The molecule has 0 aliphatic rings. The summed E-state index contributed by atoms with van der Waals surface area (Å²) in [7, 11) is 0. The molecule has 0 aliphatic heterocycles. The number of carboxylic acid groups (broad SMARTS) is 1. The third-order valence-corrected chi connectivity index (χ3v) is 5.19. The molecule has 0 radical (unpaired) electrons. The van der Waals surface area contributed by atoms with Crippen LogP contribution in [0, 0.1) is 0 Å². The Hall–Kier alpha value is -0.730. The number of hydrogen-bond acceptors (Lipinski definition) is 6. The molecule has 7 heteroatoms. The van der Waals surface area contributed by atoms with Gasteiger partial charge in [0.2, 0.25) is 0 Å². The Morgan fingerprint density at radius 2 is 0.968 bits per heavy atom. The van der Waals surface area contributed by atoms with Crippen LogP contribution >= 0.6 is 0 Å². The van der Waals surface area contributed by atoms with Crippen LogP contribution in [-0.2, 0) is 4.79 Å². The predicted octanol–water partition coefficient (Wildman–Crippen LogP) is 3.57. The summed E-state index contributed by atoms with van der Waals surface area (Å²) >= 11 is 0. The Balaban J connectivity index is 0. The van der Waals surface area contributed by atoms with Gasteiger partial charge in [-0.25, -0.2) is 0 Å². The highest BCUT2D eigenvalue weighted by atomic mass is 16.4. The van der Waals surface area contributed by atoms with Crippen molar-refractivity contribution in [1.82, 2.24) is 4.90 Å². The molecular weight excluding hydrogens is 398 g/mol. The third kappa shape index (κ3) is 29.3. The minimum absolute atomic E-state index is 0.273. The molecule has 0 aromatic carbocycles. The molecule has 0 fully saturated rings. The van der Waals surface area contributed by atoms with E-state index in [9.17, 15) is 10.2 Å². The first-order chi connectivity index (χ1) is 14.9. The van der Waals surface area contributed by atoms with E-state index < -0.39 is 18.2 Å². The van der Waals surface area contributed by atoms with Crippen molar-refractivity contribution in [3.8, 4) is 0 Å². The van der Waals surface area contributed by atoms with Gasteiger partial charge < -0.3 is 25.5 Å². The van der Waals surface area contributed by atoms with Crippen LogP contribution in [0.2, 0.25) is 0 Å². The normalized spacial score (nSPS) is 13.0. The summed E-state index contributed by atoms with van der Waals surface area (Å²) < 4.78 is 0. The van der Waals surface area contributed by atoms with Crippen LogP contribution in [0.3, 0.4) is 0 Å². The number of aliphatic carboxylic acids is 1. The molecule has 188 valence electrons. The van der Waals surface area contributed by atoms with Crippen molar-refractivity contribution in [3.63, 3.8) is 0 Å². The standard InChI is InChI=1S/C22H47NO4.C2H4O2/c1-2-3-4-5-6-7-8-9-10-11-12-13-14-15-16-23(17-21(26)19-24)18-22(27)20-25;1-2(3)4/h21-22,24-27H,2-20H2,1H3;1H3,(H,3,4). The Morgan fingerprint density at radius 3 is 1.26 bits per heavy atom. The Morgan fingerprint density at radius 1 is 0.677 bits per heavy atom. The molecule has 0 bridgehead atoms. The lowest BCUT2D eigenvalue weighted by Crippen LogP contribution is -2.40. The van der Waals surface area contributed by atoms with Gasteiger partial charge in [-0.2, -0.15) is 0 Å². The van der Waals surface area contributed by atoms with Crippen LogP contribution in [0.5, 0.6) is 0 Å². The van der Waals surface area contributed by atoms with Crippen molar-refractivity contribution in [1.29, 1.82) is 0 Å². The number of nitrogens with zero attached hydrogens (tertiary/aromatic N) is 1. The zero-order valence-electron chi connectivity index (χ0n) is 20.2. The Kier molecular flexibility index (Phi) is 26.7. The van der Waals surface area contributed by atoms with Crippen molar-refractivity contribution < 1.29 is 30.3 Å². The van der Waals surface area contributed by atoms with E-state index in [1.807, 2.05) is 4.90 Å². The molecule has 0 aromatic rings. The van der Waals surface area contributed by atoms with E-state index in [1.54, 1.807) is 0 Å². The Labute approximate surface area is 190 Å². The topological polar surface area (TPSA) is 121 Å². The number of aliphatic hydroxyl groups excluding tert-OH is 4. The van der Waals surface area contributed by atoms with Crippen LogP contribution in [0.1, 0.15) is 104 Å². The maximum atomic E-state index is 9.59. The highest BCUT2D eigenvalue weighted by molar-refractivity contribution is 5.62. The SMILES string of the molecule is CC(=O)O.CCCCCCCCCCCCCCCCN(CC(O)CO)CC(O)CO. The van der Waals surface area contributed by atoms with Gasteiger partial charge in [0.1, 0.15) is 0 Å². The summed E-state index contributed by atoms with van der Waals surface area (Å²) in [5, 5.41) is 44.6.